The van der Waals surface area contributed by atoms with Gasteiger partial charge in [0.05, 0.1) is 24.9 Å². The van der Waals surface area contributed by atoms with Gasteiger partial charge < -0.3 is 72.9 Å². The lowest BCUT2D eigenvalue weighted by Crippen LogP contribution is -2.62. The molecule has 3 aromatic carbocycles. The van der Waals surface area contributed by atoms with E-state index in [4.69, 9.17) is 4.74 Å². The number of benzene rings is 3. The second kappa shape index (κ2) is 36.0. The number of unbranched alkanes of at least 4 members (excludes halogenated alkanes) is 2. The van der Waals surface area contributed by atoms with Gasteiger partial charge in [0.2, 0.25) is 47.3 Å². The van der Waals surface area contributed by atoms with E-state index in [1.165, 1.54) is 30.9 Å². The average molecular weight is 1350 g/mol. The number of carbonyl (C=O) groups excluding carboxylic acids is 11. The molecule has 1 aliphatic carbocycles. The van der Waals surface area contributed by atoms with Crippen LogP contribution in [0.25, 0.3) is 10.9 Å². The van der Waals surface area contributed by atoms with E-state index in [0.717, 1.165) is 27.1 Å². The molecule has 13 N–H and O–H groups in total. The number of H-pyrrole nitrogens is 1. The van der Waals surface area contributed by atoms with E-state index in [9.17, 15) is 53.7 Å². The summed E-state index contributed by atoms with van der Waals surface area (Å²) in [6, 6.07) is 13.2. The molecule has 0 unspecified atom stereocenters. The minimum Gasteiger partial charge on any atom is -0.444 e. The molecule has 514 valence electrons. The molecule has 4 aromatic rings. The van der Waals surface area contributed by atoms with Gasteiger partial charge in [-0.15, -0.1) is 0 Å². The number of aromatic amines is 1. The van der Waals surface area contributed by atoms with E-state index in [0.29, 0.717) is 60.6 Å². The van der Waals surface area contributed by atoms with Crippen LogP contribution in [0.4, 0.5) is 4.79 Å². The predicted molar refractivity (Wildman–Crippen MR) is 357 cm³/mol. The molecule has 1 aromatic heterocycles. The number of amides is 11. The molecular weight excluding hydrogens is 1260 g/mol. The number of hydrogen-bond acceptors (Lipinski definition) is 17. The Morgan fingerprint density at radius 1 is 0.663 bits per heavy atom. The van der Waals surface area contributed by atoms with Gasteiger partial charge in [0.15, 0.2) is 0 Å². The summed E-state index contributed by atoms with van der Waals surface area (Å²) in [5, 5.41) is 57.1. The Hall–Kier alpha value is -8.31. The van der Waals surface area contributed by atoms with Gasteiger partial charge in [-0.05, 0) is 102 Å². The molecule has 28 heteroatoms. The Kier molecular flexibility index (Phi) is 28.1. The highest BCUT2D eigenvalue weighted by Gasteiger charge is 2.38. The molecule has 95 heavy (non-hydrogen) atoms. The third-order valence-electron chi connectivity index (χ3n) is 16.6. The molecular formula is C67H89N11O15S2. The highest BCUT2D eigenvalue weighted by Crippen LogP contribution is 2.31. The van der Waals surface area contributed by atoms with Gasteiger partial charge in [0.25, 0.3) is 11.8 Å². The summed E-state index contributed by atoms with van der Waals surface area (Å²) >= 11 is 0. The minimum absolute atomic E-state index is 0.0189. The fourth-order valence-corrected chi connectivity index (χ4v) is 13.6. The number of nitrogens with one attached hydrogen (secondary N) is 10. The lowest BCUT2D eigenvalue weighted by Gasteiger charge is -2.31. The van der Waals surface area contributed by atoms with Crippen molar-refractivity contribution in [2.75, 3.05) is 31.2 Å². The largest absolute Gasteiger partial charge is 0.444 e. The van der Waals surface area contributed by atoms with Crippen LogP contribution in [0, 0.1) is 11.8 Å². The van der Waals surface area contributed by atoms with Crippen molar-refractivity contribution in [2.24, 2.45) is 11.8 Å². The van der Waals surface area contributed by atoms with E-state index < -0.39 is 144 Å². The number of carbonyl (C=O) groups is 11. The van der Waals surface area contributed by atoms with Crippen LogP contribution in [-0.2, 0) is 71.9 Å². The Labute approximate surface area is 560 Å². The number of imide groups is 1. The smallest absolute Gasteiger partial charge is 0.407 e. The zero-order valence-corrected chi connectivity index (χ0v) is 55.7. The molecule has 10 atom stereocenters. The lowest BCUT2D eigenvalue weighted by atomic mass is 9.81. The number of nitrogens with zero attached hydrogens (tertiary/aromatic N) is 1. The van der Waals surface area contributed by atoms with E-state index in [-0.39, 0.29) is 62.6 Å². The zero-order valence-electron chi connectivity index (χ0n) is 54.1. The minimum atomic E-state index is -1.76. The molecule has 11 amide bonds. The highest BCUT2D eigenvalue weighted by atomic mass is 33.1. The number of ether oxygens (including phenoxy) is 1. The summed E-state index contributed by atoms with van der Waals surface area (Å²) in [5.41, 5.74) is 1.83. The Morgan fingerprint density at radius 3 is 1.91 bits per heavy atom. The number of hydrogen-bond donors (Lipinski definition) is 13. The van der Waals surface area contributed by atoms with Crippen LogP contribution in [0.15, 0.2) is 103 Å². The molecule has 3 heterocycles. The maximum absolute atomic E-state index is 15.2. The lowest BCUT2D eigenvalue weighted by molar-refractivity contribution is -0.138. The van der Waals surface area contributed by atoms with Crippen LogP contribution in [0.3, 0.4) is 0 Å². The van der Waals surface area contributed by atoms with Crippen molar-refractivity contribution >= 4 is 97.7 Å². The van der Waals surface area contributed by atoms with Gasteiger partial charge >= 0.3 is 6.09 Å². The number of aliphatic hydroxyl groups is 3. The zero-order chi connectivity index (χ0) is 68.8. The van der Waals surface area contributed by atoms with Crippen molar-refractivity contribution in [3.8, 4) is 0 Å². The van der Waals surface area contributed by atoms with Crippen LogP contribution in [-0.4, -0.2) is 188 Å². The third-order valence-corrected chi connectivity index (χ3v) is 19.0. The molecule has 2 fully saturated rings. The Balaban J connectivity index is 1.23. The van der Waals surface area contributed by atoms with E-state index in [2.05, 4.69) is 52.8 Å². The van der Waals surface area contributed by atoms with Crippen LogP contribution in [0.1, 0.15) is 103 Å². The number of fused-ring (bicyclic) bond motifs is 1. The van der Waals surface area contributed by atoms with Crippen LogP contribution >= 0.6 is 21.6 Å². The van der Waals surface area contributed by atoms with Crippen molar-refractivity contribution in [3.63, 3.8) is 0 Å². The first-order valence-electron chi connectivity index (χ1n) is 32.1. The van der Waals surface area contributed by atoms with Crippen molar-refractivity contribution < 1.29 is 72.8 Å². The standard InChI is InChI=1S/C67H89N11O15S2/c1-39(80)52(36-79)74-64(90)54-38-95-94-37-53(75-61(87)49(31-41-17-9-6-10-18-41)71-58(84)44-26-24-43(25-27-44)35-78-55(82)28-29-56(78)83)63(89)72-50(32-42-19-11-7-12-20-42)60(86)73-51(33-45-34-69-47-22-15-14-21-46(45)47)62(88)70-48(59(85)77-57(40(2)81)65(91)76-54)23-13-8-16-30-68-66(92)93-67(3,4)5/h6-7,9-12,14-15,17-22,28-29,34,39-40,43-44,48-54,57,69,79-81H,8,13,16,23-27,30-33,35-38H2,1-5H3,(H,68,92)(H,70,88)(H,71,84)(H,72,89)(H,73,86)(H,74,90)(H,75,87)(H,76,91)(H,77,85)/t39-,40-,43?,44?,48+,49-,50+,51-,52-,53+,54+,57+/m1/s1. The first-order chi connectivity index (χ1) is 45.4. The van der Waals surface area contributed by atoms with Gasteiger partial charge in [0.1, 0.15) is 47.9 Å². The topological polar surface area (TPSA) is 385 Å². The van der Waals surface area contributed by atoms with Gasteiger partial charge in [-0.2, -0.15) is 0 Å². The van der Waals surface area contributed by atoms with Crippen LogP contribution in [0.2, 0.25) is 0 Å². The fourth-order valence-electron chi connectivity index (χ4n) is 11.2. The highest BCUT2D eigenvalue weighted by molar-refractivity contribution is 8.76. The van der Waals surface area contributed by atoms with Crippen molar-refractivity contribution in [3.05, 3.63) is 120 Å². The fraction of sp³-hybridized carbons (Fsp3) is 0.507. The van der Waals surface area contributed by atoms with E-state index in [1.807, 2.05) is 18.2 Å². The normalized spacial score (nSPS) is 23.3. The number of aliphatic hydroxyl groups excluding tert-OH is 3. The number of alkyl carbamates (subject to hydrolysis) is 1. The first-order valence-corrected chi connectivity index (χ1v) is 34.6. The molecule has 0 spiro atoms. The maximum Gasteiger partial charge on any atom is 0.407 e. The quantitative estimate of drug-likeness (QED) is 0.0287. The number of rotatable bonds is 23. The average Bonchev–Trinajstić information content (AvgIpc) is 1.36. The molecule has 7 rings (SSSR count). The molecule has 3 aliphatic rings. The molecule has 26 nitrogen and oxygen atoms in total. The van der Waals surface area contributed by atoms with Crippen molar-refractivity contribution in [1.29, 1.82) is 0 Å². The van der Waals surface area contributed by atoms with Gasteiger partial charge in [-0.25, -0.2) is 4.79 Å². The molecule has 2 aliphatic heterocycles. The van der Waals surface area contributed by atoms with E-state index >= 15 is 14.4 Å². The molecule has 0 radical (unpaired) electrons. The van der Waals surface area contributed by atoms with Gasteiger partial charge in [0, 0.05) is 79.0 Å². The summed E-state index contributed by atoms with van der Waals surface area (Å²) in [7, 11) is 1.94. The monoisotopic (exact) mass is 1350 g/mol. The summed E-state index contributed by atoms with van der Waals surface area (Å²) in [6.07, 6.45) is 3.22. The summed E-state index contributed by atoms with van der Waals surface area (Å²) in [4.78, 5) is 160. The summed E-state index contributed by atoms with van der Waals surface area (Å²) < 4.78 is 5.34. The van der Waals surface area contributed by atoms with Crippen molar-refractivity contribution in [2.45, 2.75) is 171 Å². The van der Waals surface area contributed by atoms with Gasteiger partial charge in [-0.3, -0.25) is 52.8 Å². The van der Waals surface area contributed by atoms with E-state index in [1.54, 1.807) is 93.7 Å². The van der Waals surface area contributed by atoms with Crippen LogP contribution < -0.4 is 47.9 Å². The second-order valence-corrected chi connectivity index (χ2v) is 27.8. The number of para-hydroxylation sites is 1. The number of aromatic nitrogens is 1. The SMILES string of the molecule is C[C@@H](O)[C@@H]1NC(=O)[C@H](CCCCCNC(=O)OC(C)(C)C)NC(=O)[C@@H](Cc2c[nH]c3ccccc23)NC(=O)[C@H](Cc2ccccc2)NC(=O)[C@@H](NC(=O)[C@@H](Cc2ccccc2)NC(=O)C2CCC(CN3C(=O)C=CC3=O)CC2)CSSC[C@@H](C(=O)N[C@H](CO)[C@@H](C)O)NC1=O. The maximum atomic E-state index is 15.2. The van der Waals surface area contributed by atoms with Crippen molar-refractivity contribution in [1.82, 2.24) is 57.7 Å². The third kappa shape index (κ3) is 23.0. The Morgan fingerprint density at radius 2 is 1.26 bits per heavy atom. The summed E-state index contributed by atoms with van der Waals surface area (Å²) in [5.74, 6) is -8.55. The molecule has 1 saturated heterocycles. The second-order valence-electron chi connectivity index (χ2n) is 25.3. The first kappa shape index (κ1) is 74.1. The van der Waals surface area contributed by atoms with Crippen LogP contribution in [0.5, 0.6) is 0 Å². The molecule has 1 saturated carbocycles. The predicted octanol–water partition coefficient (Wildman–Crippen LogP) is 2.04. The Bertz CT molecular complexity index is 3320. The van der Waals surface area contributed by atoms with Gasteiger partial charge in [-0.1, -0.05) is 113 Å². The summed E-state index contributed by atoms with van der Waals surface area (Å²) in [6.45, 7) is 7.46. The molecule has 0 bridgehead atoms.